The topological polar surface area (TPSA) is 45.1 Å². The predicted octanol–water partition coefficient (Wildman–Crippen LogP) is 3.53. The molecule has 136 valence electrons. The van der Waals surface area contributed by atoms with E-state index in [1.807, 2.05) is 29.6 Å². The third kappa shape index (κ3) is 3.52. The Kier molecular flexibility index (Phi) is 5.04. The van der Waals surface area contributed by atoms with Gasteiger partial charge in [0.2, 0.25) is 0 Å². The van der Waals surface area contributed by atoms with Gasteiger partial charge in [0.1, 0.15) is 5.75 Å². The van der Waals surface area contributed by atoms with E-state index in [0.29, 0.717) is 6.54 Å². The molecule has 1 atom stereocenters. The van der Waals surface area contributed by atoms with E-state index in [-0.39, 0.29) is 11.9 Å². The second-order valence-corrected chi connectivity index (χ2v) is 7.69. The predicted molar refractivity (Wildman–Crippen MR) is 104 cm³/mol. The maximum absolute atomic E-state index is 13.0. The summed E-state index contributed by atoms with van der Waals surface area (Å²) in [7, 11) is 1.66. The van der Waals surface area contributed by atoms with Crippen molar-refractivity contribution in [3.8, 4) is 5.75 Å². The Hall–Kier alpha value is -2.18. The molecule has 0 saturated carbocycles. The number of amides is 1. The summed E-state index contributed by atoms with van der Waals surface area (Å²) in [5, 5.41) is 8.47. The van der Waals surface area contributed by atoms with Gasteiger partial charge in [-0.15, -0.1) is 11.3 Å². The summed E-state index contributed by atoms with van der Waals surface area (Å²) >= 11 is 1.67. The van der Waals surface area contributed by atoms with Gasteiger partial charge in [-0.25, -0.2) is 5.01 Å². The van der Waals surface area contributed by atoms with E-state index in [0.717, 1.165) is 41.4 Å². The third-order valence-electron chi connectivity index (χ3n) is 5.01. The number of methoxy groups -OCH3 is 1. The molecule has 1 aromatic heterocycles. The Morgan fingerprint density at radius 3 is 2.85 bits per heavy atom. The average Bonchev–Trinajstić information content (AvgIpc) is 3.41. The van der Waals surface area contributed by atoms with Gasteiger partial charge < -0.3 is 4.74 Å². The lowest BCUT2D eigenvalue weighted by atomic mass is 10.0. The van der Waals surface area contributed by atoms with Gasteiger partial charge in [0, 0.05) is 6.42 Å². The smallest absolute Gasteiger partial charge is 0.257 e. The standard InChI is InChI=1S/C20H23N3O2S/c1-25-16-7-4-6-15(12-16)18-13-17(19-8-5-11-26-19)21-23(18)20(24)14-22-9-2-3-10-22/h4-8,11-12,18H,2-3,9-10,13-14H2,1H3/t18-/m1/s1. The quantitative estimate of drug-likeness (QED) is 0.810. The molecule has 0 N–H and O–H groups in total. The van der Waals surface area contributed by atoms with Crippen LogP contribution >= 0.6 is 11.3 Å². The molecule has 1 amide bonds. The SMILES string of the molecule is COc1cccc([C@H]2CC(c3cccs3)=NN2C(=O)CN2CCCC2)c1. The van der Waals surface area contributed by atoms with Crippen molar-refractivity contribution in [1.29, 1.82) is 0 Å². The zero-order chi connectivity index (χ0) is 17.9. The Morgan fingerprint density at radius 2 is 2.12 bits per heavy atom. The molecule has 0 spiro atoms. The van der Waals surface area contributed by atoms with Crippen LogP contribution in [0.25, 0.3) is 0 Å². The Morgan fingerprint density at radius 1 is 1.27 bits per heavy atom. The molecule has 0 unspecified atom stereocenters. The fraction of sp³-hybridized carbons (Fsp3) is 0.400. The molecule has 3 heterocycles. The van der Waals surface area contributed by atoms with Crippen molar-refractivity contribution in [1.82, 2.24) is 9.91 Å². The third-order valence-corrected chi connectivity index (χ3v) is 5.93. The molecule has 26 heavy (non-hydrogen) atoms. The van der Waals surface area contributed by atoms with E-state index in [1.54, 1.807) is 23.5 Å². The zero-order valence-electron chi connectivity index (χ0n) is 14.9. The summed E-state index contributed by atoms with van der Waals surface area (Å²) in [6.45, 7) is 2.46. The highest BCUT2D eigenvalue weighted by Crippen LogP contribution is 2.35. The van der Waals surface area contributed by atoms with E-state index in [9.17, 15) is 4.79 Å². The monoisotopic (exact) mass is 369 g/mol. The van der Waals surface area contributed by atoms with Gasteiger partial charge in [0.25, 0.3) is 5.91 Å². The van der Waals surface area contributed by atoms with Crippen LogP contribution in [-0.4, -0.2) is 48.3 Å². The lowest BCUT2D eigenvalue weighted by Gasteiger charge is -2.24. The summed E-state index contributed by atoms with van der Waals surface area (Å²) in [4.78, 5) is 16.4. The molecule has 5 nitrogen and oxygen atoms in total. The number of hydrogen-bond donors (Lipinski definition) is 0. The number of nitrogens with zero attached hydrogens (tertiary/aromatic N) is 3. The van der Waals surface area contributed by atoms with Gasteiger partial charge in [0.05, 0.1) is 30.3 Å². The average molecular weight is 369 g/mol. The Balaban J connectivity index is 1.61. The largest absolute Gasteiger partial charge is 0.497 e. The van der Waals surface area contributed by atoms with Crippen LogP contribution in [0.4, 0.5) is 0 Å². The first-order chi connectivity index (χ1) is 12.7. The first-order valence-corrected chi connectivity index (χ1v) is 9.92. The number of benzene rings is 1. The number of thiophene rings is 1. The van der Waals surface area contributed by atoms with E-state index >= 15 is 0 Å². The summed E-state index contributed by atoms with van der Waals surface area (Å²) in [5.74, 6) is 0.880. The molecule has 0 bridgehead atoms. The van der Waals surface area contributed by atoms with Gasteiger partial charge in [-0.05, 0) is 55.1 Å². The second-order valence-electron chi connectivity index (χ2n) is 6.74. The number of hydrogen-bond acceptors (Lipinski definition) is 5. The van der Waals surface area contributed by atoms with Gasteiger partial charge >= 0.3 is 0 Å². The summed E-state index contributed by atoms with van der Waals surface area (Å²) in [6.07, 6.45) is 3.09. The first-order valence-electron chi connectivity index (χ1n) is 9.04. The highest BCUT2D eigenvalue weighted by Gasteiger charge is 2.34. The van der Waals surface area contributed by atoms with Crippen molar-refractivity contribution in [2.75, 3.05) is 26.7 Å². The minimum atomic E-state index is -0.0719. The van der Waals surface area contributed by atoms with Crippen LogP contribution < -0.4 is 4.74 Å². The molecule has 1 saturated heterocycles. The second kappa shape index (κ2) is 7.60. The molecule has 2 aliphatic rings. The van der Waals surface area contributed by atoms with Crippen LogP contribution in [0.5, 0.6) is 5.75 Å². The van der Waals surface area contributed by atoms with Crippen molar-refractivity contribution in [3.05, 3.63) is 52.2 Å². The zero-order valence-corrected chi connectivity index (χ0v) is 15.7. The number of likely N-dealkylation sites (tertiary alicyclic amines) is 1. The summed E-state index contributed by atoms with van der Waals surface area (Å²) < 4.78 is 5.37. The molecule has 4 rings (SSSR count). The summed E-state index contributed by atoms with van der Waals surface area (Å²) in [6, 6.07) is 12.0. The van der Waals surface area contributed by atoms with Gasteiger partial charge in [-0.2, -0.15) is 5.10 Å². The van der Waals surface area contributed by atoms with Crippen LogP contribution in [-0.2, 0) is 4.79 Å². The molecule has 2 aromatic rings. The lowest BCUT2D eigenvalue weighted by Crippen LogP contribution is -2.36. The van der Waals surface area contributed by atoms with Crippen LogP contribution in [0.15, 0.2) is 46.9 Å². The molecule has 2 aliphatic heterocycles. The van der Waals surface area contributed by atoms with Crippen molar-refractivity contribution >= 4 is 23.0 Å². The van der Waals surface area contributed by atoms with Crippen molar-refractivity contribution in [2.24, 2.45) is 5.10 Å². The molecule has 0 radical (unpaired) electrons. The van der Waals surface area contributed by atoms with E-state index < -0.39 is 0 Å². The maximum Gasteiger partial charge on any atom is 0.257 e. The van der Waals surface area contributed by atoms with Crippen molar-refractivity contribution < 1.29 is 9.53 Å². The number of ether oxygens (including phenoxy) is 1. The van der Waals surface area contributed by atoms with E-state index in [2.05, 4.69) is 17.0 Å². The van der Waals surface area contributed by atoms with Crippen LogP contribution in [0.1, 0.15) is 35.7 Å². The molecule has 1 aromatic carbocycles. The molecular formula is C20H23N3O2S. The van der Waals surface area contributed by atoms with Gasteiger partial charge in [-0.1, -0.05) is 18.2 Å². The van der Waals surface area contributed by atoms with E-state index in [4.69, 9.17) is 9.84 Å². The van der Waals surface area contributed by atoms with Crippen molar-refractivity contribution in [2.45, 2.75) is 25.3 Å². The highest BCUT2D eigenvalue weighted by molar-refractivity contribution is 7.12. The lowest BCUT2D eigenvalue weighted by molar-refractivity contribution is -0.134. The molecule has 1 fully saturated rings. The minimum absolute atomic E-state index is 0.0719. The highest BCUT2D eigenvalue weighted by atomic mass is 32.1. The number of carbonyl (C=O) groups is 1. The number of rotatable bonds is 5. The van der Waals surface area contributed by atoms with Crippen LogP contribution in [0, 0.1) is 0 Å². The fourth-order valence-electron chi connectivity index (χ4n) is 3.64. The van der Waals surface area contributed by atoms with Crippen molar-refractivity contribution in [3.63, 3.8) is 0 Å². The molecule has 0 aliphatic carbocycles. The fourth-order valence-corrected chi connectivity index (χ4v) is 4.37. The van der Waals surface area contributed by atoms with Gasteiger partial charge in [-0.3, -0.25) is 9.69 Å². The van der Waals surface area contributed by atoms with Gasteiger partial charge in [0.15, 0.2) is 0 Å². The summed E-state index contributed by atoms with van der Waals surface area (Å²) in [5.41, 5.74) is 2.05. The first kappa shape index (κ1) is 17.2. The maximum atomic E-state index is 13.0. The van der Waals surface area contributed by atoms with E-state index in [1.165, 1.54) is 12.8 Å². The Bertz CT molecular complexity index is 797. The normalized spacial score (nSPS) is 20.4. The van der Waals surface area contributed by atoms with Crippen LogP contribution in [0.2, 0.25) is 0 Å². The minimum Gasteiger partial charge on any atom is -0.497 e. The molecule has 6 heteroatoms. The molecular weight excluding hydrogens is 346 g/mol. The Labute approximate surface area is 157 Å². The number of hydrazone groups is 1. The van der Waals surface area contributed by atoms with Crippen LogP contribution in [0.3, 0.4) is 0 Å². The number of carbonyl (C=O) groups excluding carboxylic acids is 1.